The van der Waals surface area contributed by atoms with Gasteiger partial charge in [0.1, 0.15) is 17.2 Å². The molecule has 0 saturated carbocycles. The van der Waals surface area contributed by atoms with Crippen LogP contribution in [-0.4, -0.2) is 20.5 Å². The third-order valence-electron chi connectivity index (χ3n) is 6.64. The number of benzene rings is 3. The van der Waals surface area contributed by atoms with Crippen LogP contribution in [0.2, 0.25) is 5.02 Å². The summed E-state index contributed by atoms with van der Waals surface area (Å²) in [5.74, 6) is -0.592. The number of fused-ring (bicyclic) bond motifs is 1. The maximum absolute atomic E-state index is 13.6. The Balaban J connectivity index is 1.54. The van der Waals surface area contributed by atoms with Gasteiger partial charge in [-0.15, -0.1) is 0 Å². The quantitative estimate of drug-likeness (QED) is 0.157. The number of carbonyl (C=O) groups is 1. The minimum atomic E-state index is -4.54. The van der Waals surface area contributed by atoms with Gasteiger partial charge in [0.2, 0.25) is 0 Å². The van der Waals surface area contributed by atoms with E-state index in [0.29, 0.717) is 38.6 Å². The Hall–Kier alpha value is -4.04. The van der Waals surface area contributed by atoms with Crippen LogP contribution < -0.4 is 0 Å². The zero-order valence-corrected chi connectivity index (χ0v) is 21.7. The Morgan fingerprint density at radius 1 is 0.949 bits per heavy atom. The molecule has 0 radical (unpaired) electrons. The molecule has 0 unspecified atom stereocenters. The van der Waals surface area contributed by atoms with Gasteiger partial charge in [-0.2, -0.15) is 18.3 Å². The Morgan fingerprint density at radius 2 is 1.67 bits per heavy atom. The van der Waals surface area contributed by atoms with Crippen molar-refractivity contribution in [2.45, 2.75) is 31.9 Å². The molecule has 2 aromatic heterocycles. The summed E-state index contributed by atoms with van der Waals surface area (Å²) in [5.41, 5.74) is 1.70. The van der Waals surface area contributed by atoms with Gasteiger partial charge in [0.05, 0.1) is 16.2 Å². The Kier molecular flexibility index (Phi) is 6.76. The van der Waals surface area contributed by atoms with Crippen LogP contribution in [-0.2, 0) is 11.6 Å². The van der Waals surface area contributed by atoms with Crippen molar-refractivity contribution in [1.29, 1.82) is 0 Å². The second-order valence-corrected chi connectivity index (χ2v) is 10.3. The molecule has 0 atom stereocenters. The number of nitrogens with zero attached hydrogens (tertiary/aromatic N) is 3. The van der Waals surface area contributed by atoms with E-state index in [-0.39, 0.29) is 12.2 Å². The van der Waals surface area contributed by atoms with Gasteiger partial charge in [0.15, 0.2) is 5.78 Å². The zero-order valence-electron chi connectivity index (χ0n) is 20.9. The van der Waals surface area contributed by atoms with E-state index in [2.05, 4.69) is 4.98 Å². The van der Waals surface area contributed by atoms with E-state index in [1.165, 1.54) is 24.4 Å². The minimum Gasteiger partial charge on any atom is -0.294 e. The molecule has 198 valence electrons. The molecule has 0 fully saturated rings. The van der Waals surface area contributed by atoms with Crippen molar-refractivity contribution in [2.24, 2.45) is 0 Å². The number of aromatic nitrogens is 3. The number of hydrogen-bond acceptors (Lipinski definition) is 3. The number of alkyl halides is 3. The summed E-state index contributed by atoms with van der Waals surface area (Å²) in [7, 11) is 0. The lowest BCUT2D eigenvalue weighted by atomic mass is 9.79. The normalized spacial score (nSPS) is 12.2. The van der Waals surface area contributed by atoms with E-state index in [0.717, 1.165) is 11.5 Å². The predicted octanol–water partition coefficient (Wildman–Crippen LogP) is 8.45. The molecule has 4 nitrogen and oxygen atoms in total. The van der Waals surface area contributed by atoms with Crippen molar-refractivity contribution in [2.75, 3.05) is 0 Å². The highest BCUT2D eigenvalue weighted by molar-refractivity contribution is 6.33. The van der Waals surface area contributed by atoms with Crippen LogP contribution >= 0.6 is 11.6 Å². The van der Waals surface area contributed by atoms with Crippen LogP contribution in [0.1, 0.15) is 41.9 Å². The number of pyridine rings is 1. The van der Waals surface area contributed by atoms with Crippen LogP contribution in [0.4, 0.5) is 17.6 Å². The SMILES string of the molecule is CC(C)(CC(=O)c1ccc2c(-c3ccccc3Cl)nn(-c3ccc(F)cc3)c2c1)c1ccc(C(F)(F)F)nc1. The topological polar surface area (TPSA) is 47.8 Å². The summed E-state index contributed by atoms with van der Waals surface area (Å²) in [4.78, 5) is 17.0. The van der Waals surface area contributed by atoms with Gasteiger partial charge in [-0.3, -0.25) is 9.78 Å². The average molecular weight is 552 g/mol. The molecule has 0 aliphatic heterocycles. The van der Waals surface area contributed by atoms with E-state index in [1.54, 1.807) is 54.9 Å². The van der Waals surface area contributed by atoms with Gasteiger partial charge < -0.3 is 0 Å². The molecule has 39 heavy (non-hydrogen) atoms. The molecule has 2 heterocycles. The van der Waals surface area contributed by atoms with Crippen LogP contribution in [0, 0.1) is 5.82 Å². The minimum absolute atomic E-state index is 0.0353. The molecule has 0 aliphatic rings. The van der Waals surface area contributed by atoms with E-state index in [4.69, 9.17) is 16.7 Å². The molecule has 9 heteroatoms. The molecule has 5 rings (SSSR count). The summed E-state index contributed by atoms with van der Waals surface area (Å²) in [6.07, 6.45) is -3.34. The first kappa shape index (κ1) is 26.6. The molecule has 3 aromatic carbocycles. The standard InChI is InChI=1S/C30H22ClF4N3O/c1-29(2,19-8-14-27(36-17-19)30(33,34)35)16-26(39)18-7-13-23-25(15-18)38(21-11-9-20(32)10-12-21)37-28(23)22-5-3-4-6-24(22)31/h3-15,17H,16H2,1-2H3. The van der Waals surface area contributed by atoms with Crippen molar-refractivity contribution in [3.05, 3.63) is 113 Å². The van der Waals surface area contributed by atoms with Crippen LogP contribution in [0.15, 0.2) is 85.1 Å². The number of Topliss-reactive ketones (excluding diaryl/α,β-unsaturated/α-hetero) is 1. The van der Waals surface area contributed by atoms with E-state index < -0.39 is 23.1 Å². The molecule has 0 bridgehead atoms. The molecule has 5 aromatic rings. The van der Waals surface area contributed by atoms with Crippen molar-refractivity contribution in [3.8, 4) is 16.9 Å². The first-order chi connectivity index (χ1) is 18.4. The predicted molar refractivity (Wildman–Crippen MR) is 143 cm³/mol. The van der Waals surface area contributed by atoms with E-state index >= 15 is 0 Å². The number of carbonyl (C=O) groups excluding carboxylic acids is 1. The molecule has 0 spiro atoms. The van der Waals surface area contributed by atoms with Gasteiger partial charge in [-0.25, -0.2) is 9.07 Å². The average Bonchev–Trinajstić information content (AvgIpc) is 3.27. The largest absolute Gasteiger partial charge is 0.433 e. The van der Waals surface area contributed by atoms with Gasteiger partial charge >= 0.3 is 6.18 Å². The summed E-state index contributed by atoms with van der Waals surface area (Å²) < 4.78 is 54.1. The maximum Gasteiger partial charge on any atom is 0.433 e. The fraction of sp³-hybridized carbons (Fsp3) is 0.167. The Labute approximate surface area is 226 Å². The first-order valence-electron chi connectivity index (χ1n) is 12.0. The fourth-order valence-corrected chi connectivity index (χ4v) is 4.71. The van der Waals surface area contributed by atoms with Gasteiger partial charge in [0, 0.05) is 29.1 Å². The van der Waals surface area contributed by atoms with Gasteiger partial charge in [-0.05, 0) is 59.5 Å². The van der Waals surface area contributed by atoms with E-state index in [9.17, 15) is 22.4 Å². The van der Waals surface area contributed by atoms with E-state index in [1.807, 2.05) is 18.2 Å². The summed E-state index contributed by atoms with van der Waals surface area (Å²) in [6, 6.07) is 20.6. The molecule has 0 amide bonds. The highest BCUT2D eigenvalue weighted by Gasteiger charge is 2.33. The lowest BCUT2D eigenvalue weighted by molar-refractivity contribution is -0.141. The maximum atomic E-state index is 13.6. The third kappa shape index (κ3) is 5.29. The van der Waals surface area contributed by atoms with Crippen LogP contribution in [0.25, 0.3) is 27.8 Å². The number of hydrogen-bond donors (Lipinski definition) is 0. The van der Waals surface area contributed by atoms with Crippen molar-refractivity contribution in [3.63, 3.8) is 0 Å². The number of ketones is 1. The number of rotatable bonds is 6. The Bertz CT molecular complexity index is 1670. The lowest BCUT2D eigenvalue weighted by Gasteiger charge is -2.24. The fourth-order valence-electron chi connectivity index (χ4n) is 4.49. The van der Waals surface area contributed by atoms with Crippen LogP contribution in [0.5, 0.6) is 0 Å². The van der Waals surface area contributed by atoms with Crippen molar-refractivity contribution in [1.82, 2.24) is 14.8 Å². The van der Waals surface area contributed by atoms with Crippen molar-refractivity contribution >= 4 is 28.3 Å². The second-order valence-electron chi connectivity index (χ2n) is 9.86. The molecule has 0 N–H and O–H groups in total. The highest BCUT2D eigenvalue weighted by atomic mass is 35.5. The van der Waals surface area contributed by atoms with Crippen LogP contribution in [0.3, 0.4) is 0 Å². The molecule has 0 saturated heterocycles. The molecular formula is C30H22ClF4N3O. The second kappa shape index (κ2) is 9.93. The van der Waals surface area contributed by atoms with Gasteiger partial charge in [0.25, 0.3) is 0 Å². The Morgan fingerprint density at radius 3 is 2.31 bits per heavy atom. The lowest BCUT2D eigenvalue weighted by Crippen LogP contribution is -2.23. The summed E-state index contributed by atoms with van der Waals surface area (Å²) in [5, 5.41) is 6.02. The molecular weight excluding hydrogens is 530 g/mol. The highest BCUT2D eigenvalue weighted by Crippen LogP contribution is 2.36. The zero-order chi connectivity index (χ0) is 27.9. The number of halogens is 5. The van der Waals surface area contributed by atoms with Crippen molar-refractivity contribution < 1.29 is 22.4 Å². The smallest absolute Gasteiger partial charge is 0.294 e. The summed E-state index contributed by atoms with van der Waals surface area (Å²) >= 11 is 6.46. The monoisotopic (exact) mass is 551 g/mol. The third-order valence-corrected chi connectivity index (χ3v) is 6.97. The summed E-state index contributed by atoms with van der Waals surface area (Å²) in [6.45, 7) is 3.57. The van der Waals surface area contributed by atoms with Gasteiger partial charge in [-0.1, -0.05) is 55.8 Å². The first-order valence-corrected chi connectivity index (χ1v) is 12.4. The molecule has 0 aliphatic carbocycles.